The number of likely N-dealkylation sites (tertiary alicyclic amines) is 1. The van der Waals surface area contributed by atoms with Crippen LogP contribution in [0.25, 0.3) is 0 Å². The molecule has 32 heavy (non-hydrogen) atoms. The molecule has 1 aliphatic carbocycles. The molecular formula is C26H32N4O2. The lowest BCUT2D eigenvalue weighted by Crippen LogP contribution is -2.50. The highest BCUT2D eigenvalue weighted by Crippen LogP contribution is 2.60. The Kier molecular flexibility index (Phi) is 5.39. The molecule has 3 fully saturated rings. The number of benzene rings is 1. The number of hydrogen-bond acceptors (Lipinski definition) is 4. The van der Waals surface area contributed by atoms with Crippen molar-refractivity contribution in [3.8, 4) is 0 Å². The second-order valence-electron chi connectivity index (χ2n) is 9.73. The number of carbonyl (C=O) groups excluding carboxylic acids is 2. The van der Waals surface area contributed by atoms with Crippen LogP contribution in [-0.4, -0.2) is 65.9 Å². The molecule has 2 saturated heterocycles. The van der Waals surface area contributed by atoms with Gasteiger partial charge in [-0.1, -0.05) is 23.8 Å². The Morgan fingerprint density at radius 3 is 2.38 bits per heavy atom. The van der Waals surface area contributed by atoms with Crippen molar-refractivity contribution >= 4 is 17.6 Å². The van der Waals surface area contributed by atoms with E-state index in [1.54, 1.807) is 0 Å². The predicted octanol–water partition coefficient (Wildman–Crippen LogP) is 3.29. The molecular weight excluding hydrogens is 400 g/mol. The lowest BCUT2D eigenvalue weighted by molar-refractivity contribution is -0.134. The number of aromatic nitrogens is 1. The van der Waals surface area contributed by atoms with Gasteiger partial charge in [0, 0.05) is 56.9 Å². The normalized spacial score (nSPS) is 22.2. The van der Waals surface area contributed by atoms with Crippen LogP contribution in [0.15, 0.2) is 42.6 Å². The van der Waals surface area contributed by atoms with Crippen LogP contribution in [0, 0.1) is 25.2 Å². The van der Waals surface area contributed by atoms with Crippen LogP contribution in [0.3, 0.4) is 0 Å². The second kappa shape index (κ2) is 8.23. The molecule has 1 saturated carbocycles. The van der Waals surface area contributed by atoms with Crippen LogP contribution in [0.5, 0.6) is 0 Å². The predicted molar refractivity (Wildman–Crippen MR) is 125 cm³/mol. The molecule has 5 rings (SSSR count). The zero-order valence-electron chi connectivity index (χ0n) is 19.1. The summed E-state index contributed by atoms with van der Waals surface area (Å²) in [6.07, 6.45) is 4.68. The van der Waals surface area contributed by atoms with Gasteiger partial charge in [-0.2, -0.15) is 0 Å². The van der Waals surface area contributed by atoms with Gasteiger partial charge in [0.1, 0.15) is 5.82 Å². The van der Waals surface area contributed by atoms with E-state index < -0.39 is 0 Å². The van der Waals surface area contributed by atoms with Gasteiger partial charge < -0.3 is 14.7 Å². The number of piperidine rings is 1. The topological polar surface area (TPSA) is 56.8 Å². The van der Waals surface area contributed by atoms with Crippen molar-refractivity contribution in [1.29, 1.82) is 0 Å². The van der Waals surface area contributed by atoms with Gasteiger partial charge >= 0.3 is 0 Å². The highest BCUT2D eigenvalue weighted by atomic mass is 16.2. The minimum Gasteiger partial charge on any atom is -0.353 e. The summed E-state index contributed by atoms with van der Waals surface area (Å²) in [5.74, 6) is 1.58. The molecule has 1 atom stereocenters. The van der Waals surface area contributed by atoms with Crippen molar-refractivity contribution in [2.24, 2.45) is 11.3 Å². The number of nitrogens with zero attached hydrogens (tertiary/aromatic N) is 4. The third-order valence-corrected chi connectivity index (χ3v) is 7.72. The lowest BCUT2D eigenvalue weighted by atomic mass is 9.89. The maximum Gasteiger partial charge on any atom is 0.254 e. The average Bonchev–Trinajstić information content (AvgIpc) is 3.53. The SMILES string of the molecule is Cc1ccc(C)c(C(=O)N2CCC3(CC2)C[C@H]3C(=O)N2CCN(c3ccccn3)CC2)c1. The average molecular weight is 433 g/mol. The fourth-order valence-electron chi connectivity index (χ4n) is 5.46. The first kappa shape index (κ1) is 21.0. The number of hydrogen-bond donors (Lipinski definition) is 0. The fraction of sp³-hybridized carbons (Fsp3) is 0.500. The summed E-state index contributed by atoms with van der Waals surface area (Å²) in [6, 6.07) is 12.0. The number of pyridine rings is 1. The first-order valence-corrected chi connectivity index (χ1v) is 11.8. The molecule has 0 radical (unpaired) electrons. The summed E-state index contributed by atoms with van der Waals surface area (Å²) in [5.41, 5.74) is 3.08. The Balaban J connectivity index is 1.15. The zero-order chi connectivity index (χ0) is 22.3. The lowest BCUT2D eigenvalue weighted by Gasteiger charge is -2.37. The molecule has 1 spiro atoms. The fourth-order valence-corrected chi connectivity index (χ4v) is 5.46. The Bertz CT molecular complexity index is 1010. The number of rotatable bonds is 3. The van der Waals surface area contributed by atoms with E-state index in [0.717, 1.165) is 81.0 Å². The number of aryl methyl sites for hydroxylation is 2. The van der Waals surface area contributed by atoms with Crippen LogP contribution in [0.4, 0.5) is 5.82 Å². The minimum absolute atomic E-state index is 0.119. The van der Waals surface area contributed by atoms with Crippen LogP contribution in [-0.2, 0) is 4.79 Å². The Morgan fingerprint density at radius 1 is 0.938 bits per heavy atom. The number of carbonyl (C=O) groups is 2. The van der Waals surface area contributed by atoms with Gasteiger partial charge in [-0.3, -0.25) is 9.59 Å². The van der Waals surface area contributed by atoms with Crippen molar-refractivity contribution < 1.29 is 9.59 Å². The molecule has 3 heterocycles. The van der Waals surface area contributed by atoms with Gasteiger partial charge in [0.05, 0.1) is 0 Å². The summed E-state index contributed by atoms with van der Waals surface area (Å²) in [6.45, 7) is 8.73. The van der Waals surface area contributed by atoms with Crippen molar-refractivity contribution in [2.75, 3.05) is 44.2 Å². The zero-order valence-corrected chi connectivity index (χ0v) is 19.1. The molecule has 3 aliphatic rings. The third kappa shape index (κ3) is 3.87. The van der Waals surface area contributed by atoms with E-state index in [0.29, 0.717) is 5.91 Å². The van der Waals surface area contributed by atoms with Gasteiger partial charge in [-0.25, -0.2) is 4.98 Å². The molecule has 6 nitrogen and oxygen atoms in total. The smallest absolute Gasteiger partial charge is 0.254 e. The molecule has 2 amide bonds. The quantitative estimate of drug-likeness (QED) is 0.747. The number of piperazine rings is 1. The monoisotopic (exact) mass is 432 g/mol. The maximum absolute atomic E-state index is 13.2. The second-order valence-corrected chi connectivity index (χ2v) is 9.73. The van der Waals surface area contributed by atoms with Gasteiger partial charge in [0.25, 0.3) is 5.91 Å². The van der Waals surface area contributed by atoms with Crippen molar-refractivity contribution in [3.63, 3.8) is 0 Å². The van der Waals surface area contributed by atoms with Crippen LogP contribution >= 0.6 is 0 Å². The Labute approximate surface area is 190 Å². The molecule has 1 aromatic carbocycles. The Morgan fingerprint density at radius 2 is 1.69 bits per heavy atom. The van der Waals surface area contributed by atoms with Gasteiger partial charge in [-0.05, 0) is 62.3 Å². The van der Waals surface area contributed by atoms with E-state index in [9.17, 15) is 9.59 Å². The highest BCUT2D eigenvalue weighted by molar-refractivity contribution is 5.96. The van der Waals surface area contributed by atoms with Crippen LogP contribution in [0.2, 0.25) is 0 Å². The van der Waals surface area contributed by atoms with E-state index >= 15 is 0 Å². The largest absolute Gasteiger partial charge is 0.353 e. The van der Waals surface area contributed by atoms with Crippen molar-refractivity contribution in [1.82, 2.24) is 14.8 Å². The van der Waals surface area contributed by atoms with Crippen LogP contribution < -0.4 is 4.90 Å². The summed E-state index contributed by atoms with van der Waals surface area (Å²) in [4.78, 5) is 37.0. The summed E-state index contributed by atoms with van der Waals surface area (Å²) in [5, 5.41) is 0. The molecule has 2 aliphatic heterocycles. The Hall–Kier alpha value is -2.89. The first-order chi connectivity index (χ1) is 15.5. The van der Waals surface area contributed by atoms with E-state index in [1.165, 1.54) is 0 Å². The van der Waals surface area contributed by atoms with E-state index in [2.05, 4.69) is 9.88 Å². The summed E-state index contributed by atoms with van der Waals surface area (Å²) >= 11 is 0. The standard InChI is InChI=1S/C26H32N4O2/c1-19-6-7-20(2)21(17-19)24(31)29-11-8-26(9-12-29)18-22(26)25(32)30-15-13-28(14-16-30)23-5-3-4-10-27-23/h3-7,10,17,22H,8-9,11-16,18H2,1-2H3/t22-/m0/s1. The van der Waals surface area contributed by atoms with Gasteiger partial charge in [-0.15, -0.1) is 0 Å². The van der Waals surface area contributed by atoms with Gasteiger partial charge in [0.2, 0.25) is 5.91 Å². The molecule has 0 unspecified atom stereocenters. The molecule has 1 aromatic heterocycles. The van der Waals surface area contributed by atoms with E-state index in [1.807, 2.05) is 66.2 Å². The van der Waals surface area contributed by atoms with E-state index in [4.69, 9.17) is 0 Å². The summed E-state index contributed by atoms with van der Waals surface area (Å²) in [7, 11) is 0. The number of amides is 2. The maximum atomic E-state index is 13.2. The first-order valence-electron chi connectivity index (χ1n) is 11.8. The molecule has 168 valence electrons. The van der Waals surface area contributed by atoms with E-state index in [-0.39, 0.29) is 17.2 Å². The summed E-state index contributed by atoms with van der Waals surface area (Å²) < 4.78 is 0. The third-order valence-electron chi connectivity index (χ3n) is 7.72. The van der Waals surface area contributed by atoms with Gasteiger partial charge in [0.15, 0.2) is 0 Å². The minimum atomic E-state index is 0.119. The molecule has 6 heteroatoms. The van der Waals surface area contributed by atoms with Crippen molar-refractivity contribution in [3.05, 3.63) is 59.3 Å². The molecule has 0 N–H and O–H groups in total. The van der Waals surface area contributed by atoms with Crippen molar-refractivity contribution in [2.45, 2.75) is 33.1 Å². The number of anilines is 1. The highest BCUT2D eigenvalue weighted by Gasteiger charge is 2.59. The van der Waals surface area contributed by atoms with Crippen LogP contribution in [0.1, 0.15) is 40.7 Å². The molecule has 0 bridgehead atoms. The molecule has 2 aromatic rings.